The molecule has 2 aromatic carbocycles. The minimum Gasteiger partial charge on any atom is -0.495 e. The molecule has 1 N–H and O–H groups in total. The number of nitrogens with zero attached hydrogens (tertiary/aromatic N) is 3. The van der Waals surface area contributed by atoms with Crippen LogP contribution in [0.2, 0.25) is 5.02 Å². The molecule has 0 unspecified atom stereocenters. The Kier molecular flexibility index (Phi) is 6.13. The molecule has 11 heteroatoms. The van der Waals surface area contributed by atoms with Crippen LogP contribution < -0.4 is 14.8 Å². The minimum absolute atomic E-state index is 0.146. The number of hydrogen-bond donors (Lipinski definition) is 1. The summed E-state index contributed by atoms with van der Waals surface area (Å²) in [5.41, 5.74) is 0.338. The first-order valence-corrected chi connectivity index (χ1v) is 9.51. The summed E-state index contributed by atoms with van der Waals surface area (Å²) in [5, 5.41) is 11.8. The molecular weight excluding hydrogens is 429 g/mol. The van der Waals surface area contributed by atoms with E-state index in [4.69, 9.17) is 21.1 Å². The third-order valence-corrected chi connectivity index (χ3v) is 5.04. The van der Waals surface area contributed by atoms with Gasteiger partial charge in [-0.25, -0.2) is 0 Å². The molecule has 6 nitrogen and oxygen atoms in total. The number of hydrogen-bond acceptors (Lipinski definition) is 7. The monoisotopic (exact) mass is 444 g/mol. The normalized spacial score (nSPS) is 12.0. The Hall–Kier alpha value is -2.59. The molecule has 1 aromatic heterocycles. The van der Waals surface area contributed by atoms with Gasteiger partial charge in [0.25, 0.3) is 0 Å². The number of alkyl halides is 3. The lowest BCUT2D eigenvalue weighted by molar-refractivity contribution is -0.137. The largest absolute Gasteiger partial charge is 0.495 e. The first-order valence-electron chi connectivity index (χ1n) is 8.36. The molecule has 0 saturated carbocycles. The summed E-state index contributed by atoms with van der Waals surface area (Å²) in [4.78, 5) is 0. The van der Waals surface area contributed by atoms with E-state index >= 15 is 0 Å². The van der Waals surface area contributed by atoms with Gasteiger partial charge < -0.3 is 14.8 Å². The Morgan fingerprint density at radius 2 is 1.83 bits per heavy atom. The van der Waals surface area contributed by atoms with Gasteiger partial charge in [-0.2, -0.15) is 17.5 Å². The molecule has 3 rings (SSSR count). The average molecular weight is 445 g/mol. The highest BCUT2D eigenvalue weighted by Crippen LogP contribution is 2.42. The van der Waals surface area contributed by atoms with Crippen LogP contribution >= 0.6 is 23.1 Å². The third-order valence-electron chi connectivity index (χ3n) is 3.97. The summed E-state index contributed by atoms with van der Waals surface area (Å²) < 4.78 is 53.8. The first kappa shape index (κ1) is 21.1. The maximum absolute atomic E-state index is 13.0. The van der Waals surface area contributed by atoms with E-state index in [1.807, 2.05) is 6.92 Å². The molecule has 0 aliphatic carbocycles. The summed E-state index contributed by atoms with van der Waals surface area (Å²) >= 11 is 6.73. The van der Waals surface area contributed by atoms with E-state index in [1.54, 1.807) is 12.1 Å². The van der Waals surface area contributed by atoms with Gasteiger partial charge >= 0.3 is 6.18 Å². The van der Waals surface area contributed by atoms with Crippen LogP contribution in [0.25, 0.3) is 10.9 Å². The van der Waals surface area contributed by atoms with Gasteiger partial charge in [-0.3, -0.25) is 0 Å². The number of rotatable bonds is 6. The number of fused-ring (bicyclic) bond motifs is 1. The van der Waals surface area contributed by atoms with Crippen molar-refractivity contribution in [1.82, 2.24) is 4.37 Å². The van der Waals surface area contributed by atoms with E-state index in [9.17, 15) is 13.2 Å². The van der Waals surface area contributed by atoms with E-state index in [-0.39, 0.29) is 5.52 Å². The topological polar surface area (TPSA) is 68.1 Å². The number of halogens is 4. The number of anilines is 1. The molecule has 0 amide bonds. The van der Waals surface area contributed by atoms with Crippen molar-refractivity contribution in [3.05, 3.63) is 34.9 Å². The molecule has 29 heavy (non-hydrogen) atoms. The molecule has 3 aromatic rings. The summed E-state index contributed by atoms with van der Waals surface area (Å²) in [5.74, 6) is 1.00. The van der Waals surface area contributed by atoms with Crippen LogP contribution in [0.4, 0.5) is 29.5 Å². The van der Waals surface area contributed by atoms with Crippen molar-refractivity contribution >= 4 is 50.4 Å². The summed E-state index contributed by atoms with van der Waals surface area (Å²) in [6.07, 6.45) is -4.56. The second kappa shape index (κ2) is 8.42. The van der Waals surface area contributed by atoms with Gasteiger partial charge in [0, 0.05) is 24.1 Å². The van der Waals surface area contributed by atoms with Crippen molar-refractivity contribution in [2.24, 2.45) is 10.2 Å². The van der Waals surface area contributed by atoms with E-state index in [0.29, 0.717) is 34.1 Å². The molecule has 0 aliphatic heterocycles. The third kappa shape index (κ3) is 4.38. The van der Waals surface area contributed by atoms with Crippen LogP contribution in [0.5, 0.6) is 11.5 Å². The van der Waals surface area contributed by atoms with Crippen molar-refractivity contribution in [2.45, 2.75) is 13.1 Å². The lowest BCUT2D eigenvalue weighted by Gasteiger charge is -2.13. The molecule has 0 saturated heterocycles. The maximum atomic E-state index is 13.0. The average Bonchev–Trinajstić information content (AvgIpc) is 3.07. The van der Waals surface area contributed by atoms with Gasteiger partial charge in [0.1, 0.15) is 17.2 Å². The Balaban J connectivity index is 2.02. The summed E-state index contributed by atoms with van der Waals surface area (Å²) in [7, 11) is 3.03. The second-order valence-electron chi connectivity index (χ2n) is 5.79. The lowest BCUT2D eigenvalue weighted by Crippen LogP contribution is -2.05. The highest BCUT2D eigenvalue weighted by atomic mass is 35.5. The first-order chi connectivity index (χ1) is 13.8. The smallest absolute Gasteiger partial charge is 0.417 e. The number of ether oxygens (including phenoxy) is 2. The molecular formula is C18H16ClF3N4O2S. The maximum Gasteiger partial charge on any atom is 0.417 e. The van der Waals surface area contributed by atoms with E-state index in [2.05, 4.69) is 19.9 Å². The van der Waals surface area contributed by atoms with Crippen LogP contribution in [0.15, 0.2) is 34.5 Å². The Morgan fingerprint density at radius 1 is 1.10 bits per heavy atom. The molecule has 0 spiro atoms. The van der Waals surface area contributed by atoms with Crippen LogP contribution in [0, 0.1) is 0 Å². The van der Waals surface area contributed by atoms with Crippen molar-refractivity contribution < 1.29 is 22.6 Å². The SMILES string of the molecule is CCNc1cc(OC)c(N=Nc2snc3cc(C(F)(F)F)c(Cl)cc23)cc1OC. The summed E-state index contributed by atoms with van der Waals surface area (Å²) in [6, 6.07) is 5.48. The minimum atomic E-state index is -4.56. The second-order valence-corrected chi connectivity index (χ2v) is 6.95. The number of benzene rings is 2. The van der Waals surface area contributed by atoms with Gasteiger partial charge in [0.05, 0.1) is 36.0 Å². The van der Waals surface area contributed by atoms with Crippen LogP contribution in [-0.4, -0.2) is 25.1 Å². The van der Waals surface area contributed by atoms with E-state index in [0.717, 1.165) is 23.3 Å². The fourth-order valence-electron chi connectivity index (χ4n) is 2.63. The van der Waals surface area contributed by atoms with E-state index < -0.39 is 16.8 Å². The molecule has 0 atom stereocenters. The molecule has 1 heterocycles. The number of aromatic nitrogens is 1. The van der Waals surface area contributed by atoms with E-state index in [1.165, 1.54) is 20.3 Å². The standard InChI is InChI=1S/C18H16ClF3N4O2S/c1-4-23-13-7-16(28-3)14(8-15(13)27-2)24-25-17-9-5-11(19)10(18(20,21)22)6-12(9)26-29-17/h5-8,23H,4H2,1-3H3. The predicted molar refractivity (Wildman–Crippen MR) is 108 cm³/mol. The van der Waals surface area contributed by atoms with Gasteiger partial charge in [-0.05, 0) is 30.6 Å². The summed E-state index contributed by atoms with van der Waals surface area (Å²) in [6.45, 7) is 2.64. The Bertz CT molecular complexity index is 1070. The van der Waals surface area contributed by atoms with Crippen molar-refractivity contribution in [3.8, 4) is 11.5 Å². The lowest BCUT2D eigenvalue weighted by atomic mass is 10.1. The molecule has 0 bridgehead atoms. The van der Waals surface area contributed by atoms with Crippen molar-refractivity contribution in [3.63, 3.8) is 0 Å². The van der Waals surface area contributed by atoms with Gasteiger partial charge in [-0.15, -0.1) is 10.2 Å². The zero-order valence-corrected chi connectivity index (χ0v) is 17.2. The Morgan fingerprint density at radius 3 is 2.45 bits per heavy atom. The quantitative estimate of drug-likeness (QED) is 0.423. The fraction of sp³-hybridized carbons (Fsp3) is 0.278. The fourth-order valence-corrected chi connectivity index (χ4v) is 3.57. The van der Waals surface area contributed by atoms with Crippen LogP contribution in [-0.2, 0) is 6.18 Å². The van der Waals surface area contributed by atoms with Gasteiger partial charge in [-0.1, -0.05) is 11.6 Å². The van der Waals surface area contributed by atoms with Crippen LogP contribution in [0.1, 0.15) is 12.5 Å². The molecule has 0 fully saturated rings. The zero-order valence-electron chi connectivity index (χ0n) is 15.6. The molecule has 0 aliphatic rings. The number of azo groups is 1. The number of nitrogens with one attached hydrogen (secondary N) is 1. The zero-order chi connectivity index (χ0) is 21.2. The highest BCUT2D eigenvalue weighted by Gasteiger charge is 2.34. The molecule has 154 valence electrons. The molecule has 0 radical (unpaired) electrons. The van der Waals surface area contributed by atoms with Crippen molar-refractivity contribution in [2.75, 3.05) is 26.1 Å². The Labute approximate surface area is 173 Å². The number of methoxy groups -OCH3 is 2. The van der Waals surface area contributed by atoms with Crippen LogP contribution in [0.3, 0.4) is 0 Å². The van der Waals surface area contributed by atoms with Crippen molar-refractivity contribution in [1.29, 1.82) is 0 Å². The highest BCUT2D eigenvalue weighted by molar-refractivity contribution is 7.11. The predicted octanol–water partition coefficient (Wildman–Crippen LogP) is 6.83. The van der Waals surface area contributed by atoms with Gasteiger partial charge in [0.2, 0.25) is 0 Å². The van der Waals surface area contributed by atoms with Gasteiger partial charge in [0.15, 0.2) is 5.00 Å².